The molecule has 0 atom stereocenters. The molecule has 4 heterocycles. The van der Waals surface area contributed by atoms with Gasteiger partial charge in [0.1, 0.15) is 5.65 Å². The Kier molecular flexibility index (Phi) is 4.36. The Bertz CT molecular complexity index is 1120. The second kappa shape index (κ2) is 6.43. The molecule has 0 saturated heterocycles. The lowest BCUT2D eigenvalue weighted by Gasteiger charge is -2.08. The van der Waals surface area contributed by atoms with Crippen molar-refractivity contribution in [3.8, 4) is 0 Å². The van der Waals surface area contributed by atoms with Crippen molar-refractivity contribution in [2.45, 2.75) is 17.1 Å². The maximum Gasteiger partial charge on any atom is 0.417 e. The van der Waals surface area contributed by atoms with E-state index in [1.807, 2.05) is 28.9 Å². The molecule has 4 aromatic rings. The maximum atomic E-state index is 13.0. The molecule has 4 rings (SSSR count). The van der Waals surface area contributed by atoms with Gasteiger partial charge < -0.3 is 4.40 Å². The summed E-state index contributed by atoms with van der Waals surface area (Å²) in [5, 5.41) is 8.02. The van der Waals surface area contributed by atoms with Gasteiger partial charge in [0.15, 0.2) is 10.8 Å². The average molecular weight is 463 g/mol. The summed E-state index contributed by atoms with van der Waals surface area (Å²) in [6.45, 7) is 0. The van der Waals surface area contributed by atoms with Crippen LogP contribution in [-0.4, -0.2) is 24.0 Å². The zero-order valence-electron chi connectivity index (χ0n) is 12.7. The van der Waals surface area contributed by atoms with Gasteiger partial charge in [0.25, 0.3) is 0 Å². The number of thioether (sulfide) groups is 1. The van der Waals surface area contributed by atoms with Gasteiger partial charge in [-0.15, -0.1) is 10.2 Å². The van der Waals surface area contributed by atoms with Gasteiger partial charge in [-0.25, -0.2) is 4.98 Å². The predicted octanol–water partition coefficient (Wildman–Crippen LogP) is 5.10. The summed E-state index contributed by atoms with van der Waals surface area (Å²) < 4.78 is 43.0. The van der Waals surface area contributed by atoms with E-state index in [1.165, 1.54) is 16.2 Å². The van der Waals surface area contributed by atoms with Gasteiger partial charge >= 0.3 is 6.18 Å². The minimum absolute atomic E-state index is 0.100. The third-order valence-corrected chi connectivity index (χ3v) is 5.29. The van der Waals surface area contributed by atoms with Crippen molar-refractivity contribution in [3.05, 3.63) is 57.5 Å². The molecule has 0 saturated carbocycles. The minimum Gasteiger partial charge on any atom is -0.306 e. The Morgan fingerprint density at radius 2 is 1.96 bits per heavy atom. The number of fused-ring (bicyclic) bond motifs is 2. The Balaban J connectivity index is 1.65. The molecule has 0 unspecified atom stereocenters. The largest absolute Gasteiger partial charge is 0.417 e. The van der Waals surface area contributed by atoms with Gasteiger partial charge in [-0.2, -0.15) is 13.2 Å². The SMILES string of the molecule is FC(F)(F)c1cc(Cl)c2nnc(SCc3cn4cc(Br)ccc4n3)n2c1. The summed E-state index contributed by atoms with van der Waals surface area (Å²) in [5.74, 6) is 0.425. The highest BCUT2D eigenvalue weighted by atomic mass is 79.9. The van der Waals surface area contributed by atoms with Crippen LogP contribution in [0.1, 0.15) is 11.3 Å². The van der Waals surface area contributed by atoms with Gasteiger partial charge in [0.05, 0.1) is 16.3 Å². The highest BCUT2D eigenvalue weighted by molar-refractivity contribution is 9.10. The van der Waals surface area contributed by atoms with Gasteiger partial charge in [0.2, 0.25) is 0 Å². The van der Waals surface area contributed by atoms with E-state index in [9.17, 15) is 13.2 Å². The van der Waals surface area contributed by atoms with E-state index in [-0.39, 0.29) is 10.7 Å². The van der Waals surface area contributed by atoms with Crippen LogP contribution in [0.3, 0.4) is 0 Å². The molecule has 0 N–H and O–H groups in total. The van der Waals surface area contributed by atoms with E-state index in [4.69, 9.17) is 11.6 Å². The first kappa shape index (κ1) is 17.6. The standard InChI is InChI=1S/C15H8BrClF3N5S/c16-9-1-2-12-21-10(6-24(12)5-9)7-26-14-23-22-13-11(17)3-8(4-25(13)14)15(18,19)20/h1-6H,7H2. The van der Waals surface area contributed by atoms with Crippen molar-refractivity contribution in [2.24, 2.45) is 0 Å². The van der Waals surface area contributed by atoms with Gasteiger partial charge in [-0.1, -0.05) is 23.4 Å². The first-order valence-electron chi connectivity index (χ1n) is 7.19. The van der Waals surface area contributed by atoms with E-state index in [2.05, 4.69) is 31.1 Å². The number of imidazole rings is 1. The van der Waals surface area contributed by atoms with Crippen molar-refractivity contribution >= 4 is 50.6 Å². The molecular weight excluding hydrogens is 455 g/mol. The minimum atomic E-state index is -4.50. The number of hydrogen-bond acceptors (Lipinski definition) is 4. The fourth-order valence-electron chi connectivity index (χ4n) is 2.41. The van der Waals surface area contributed by atoms with Crippen molar-refractivity contribution in [2.75, 3.05) is 0 Å². The monoisotopic (exact) mass is 461 g/mol. The van der Waals surface area contributed by atoms with Crippen LogP contribution in [0.15, 0.2) is 46.4 Å². The zero-order chi connectivity index (χ0) is 18.5. The molecule has 0 aliphatic carbocycles. The van der Waals surface area contributed by atoms with E-state index in [0.717, 1.165) is 28.1 Å². The number of aromatic nitrogens is 5. The second-order valence-corrected chi connectivity index (χ2v) is 7.65. The number of nitrogens with zero attached hydrogens (tertiary/aromatic N) is 5. The molecule has 134 valence electrons. The maximum absolute atomic E-state index is 13.0. The van der Waals surface area contributed by atoms with E-state index in [1.54, 1.807) is 0 Å². The molecule has 0 radical (unpaired) electrons. The normalized spacial score (nSPS) is 12.3. The molecule has 11 heteroatoms. The van der Waals surface area contributed by atoms with E-state index in [0.29, 0.717) is 10.9 Å². The van der Waals surface area contributed by atoms with E-state index >= 15 is 0 Å². The Labute approximate surface area is 162 Å². The number of hydrogen-bond donors (Lipinski definition) is 0. The van der Waals surface area contributed by atoms with Crippen LogP contribution in [-0.2, 0) is 11.9 Å². The summed E-state index contributed by atoms with van der Waals surface area (Å²) in [4.78, 5) is 4.47. The summed E-state index contributed by atoms with van der Waals surface area (Å²) in [5.41, 5.74) is 0.871. The lowest BCUT2D eigenvalue weighted by atomic mass is 10.3. The van der Waals surface area contributed by atoms with Gasteiger partial charge in [0, 0.05) is 28.8 Å². The molecule has 26 heavy (non-hydrogen) atoms. The zero-order valence-corrected chi connectivity index (χ0v) is 15.9. The van der Waals surface area contributed by atoms with Crippen LogP contribution in [0.25, 0.3) is 11.3 Å². The van der Waals surface area contributed by atoms with E-state index < -0.39 is 11.7 Å². The lowest BCUT2D eigenvalue weighted by Crippen LogP contribution is -2.07. The summed E-state index contributed by atoms with van der Waals surface area (Å²) in [6.07, 6.45) is 0.173. The number of pyridine rings is 2. The van der Waals surface area contributed by atoms with Crippen LogP contribution >= 0.6 is 39.3 Å². The predicted molar refractivity (Wildman–Crippen MR) is 95.5 cm³/mol. The highest BCUT2D eigenvalue weighted by Crippen LogP contribution is 2.33. The first-order valence-corrected chi connectivity index (χ1v) is 9.34. The number of alkyl halides is 3. The quantitative estimate of drug-likeness (QED) is 0.397. The van der Waals surface area contributed by atoms with Crippen molar-refractivity contribution in [1.82, 2.24) is 24.0 Å². The summed E-state index contributed by atoms with van der Waals surface area (Å²) in [7, 11) is 0. The van der Waals surface area contributed by atoms with Crippen LogP contribution in [0.4, 0.5) is 13.2 Å². The third-order valence-electron chi connectivity index (χ3n) is 3.57. The van der Waals surface area contributed by atoms with Crippen LogP contribution in [0.2, 0.25) is 5.02 Å². The Morgan fingerprint density at radius 3 is 2.73 bits per heavy atom. The second-order valence-electron chi connectivity index (χ2n) is 5.38. The number of rotatable bonds is 3. The molecule has 0 aliphatic heterocycles. The molecule has 0 amide bonds. The lowest BCUT2D eigenvalue weighted by molar-refractivity contribution is -0.137. The molecular formula is C15H8BrClF3N5S. The van der Waals surface area contributed by atoms with Crippen LogP contribution in [0.5, 0.6) is 0 Å². The topological polar surface area (TPSA) is 47.5 Å². The van der Waals surface area contributed by atoms with Gasteiger partial charge in [-0.3, -0.25) is 4.40 Å². The smallest absolute Gasteiger partial charge is 0.306 e. The highest BCUT2D eigenvalue weighted by Gasteiger charge is 2.32. The van der Waals surface area contributed by atoms with Crippen molar-refractivity contribution in [1.29, 1.82) is 0 Å². The fourth-order valence-corrected chi connectivity index (χ4v) is 3.80. The molecule has 0 aliphatic rings. The van der Waals surface area contributed by atoms with Crippen molar-refractivity contribution in [3.63, 3.8) is 0 Å². The van der Waals surface area contributed by atoms with Crippen molar-refractivity contribution < 1.29 is 13.2 Å². The molecule has 0 bridgehead atoms. The Hall–Kier alpha value is -1.78. The molecule has 0 fully saturated rings. The molecule has 5 nitrogen and oxygen atoms in total. The van der Waals surface area contributed by atoms with Gasteiger partial charge in [-0.05, 0) is 34.1 Å². The Morgan fingerprint density at radius 1 is 1.15 bits per heavy atom. The first-order chi connectivity index (χ1) is 12.3. The molecule has 0 spiro atoms. The summed E-state index contributed by atoms with van der Waals surface area (Å²) >= 11 is 10.5. The molecule has 0 aromatic carbocycles. The van der Waals surface area contributed by atoms with Crippen LogP contribution in [0, 0.1) is 0 Å². The number of halogens is 5. The molecule has 4 aromatic heterocycles. The van der Waals surface area contributed by atoms with Crippen LogP contribution < -0.4 is 0 Å². The third kappa shape index (κ3) is 3.28. The fraction of sp³-hybridized carbons (Fsp3) is 0.133. The summed E-state index contributed by atoms with van der Waals surface area (Å²) in [6, 6.07) is 4.59. The average Bonchev–Trinajstić information content (AvgIpc) is 3.15.